The molecule has 0 aliphatic heterocycles. The molecule has 0 aliphatic rings. The number of nitrogens with zero attached hydrogens (tertiary/aromatic N) is 1. The molecule has 3 N–H and O–H groups in total. The molecule has 0 fully saturated rings. The van der Waals surface area contributed by atoms with Crippen LogP contribution >= 0.6 is 0 Å². The molecule has 1 aromatic heterocycles. The third kappa shape index (κ3) is 5.65. The summed E-state index contributed by atoms with van der Waals surface area (Å²) in [6.07, 6.45) is 1.39. The number of aromatic nitrogens is 2. The van der Waals surface area contributed by atoms with E-state index >= 15 is 0 Å². The van der Waals surface area contributed by atoms with Crippen LogP contribution in [0.5, 0.6) is 0 Å². The molecule has 124 valence electrons. The van der Waals surface area contributed by atoms with Crippen molar-refractivity contribution in [3.05, 3.63) is 47.5 Å². The van der Waals surface area contributed by atoms with Gasteiger partial charge in [0.25, 0.3) is 0 Å². The third-order valence-corrected chi connectivity index (χ3v) is 3.06. The van der Waals surface area contributed by atoms with Crippen LogP contribution in [0.1, 0.15) is 37.9 Å². The molecule has 2 aromatic rings. The van der Waals surface area contributed by atoms with Crippen molar-refractivity contribution in [2.75, 3.05) is 5.32 Å². The van der Waals surface area contributed by atoms with E-state index in [0.717, 1.165) is 22.8 Å². The highest BCUT2D eigenvalue weighted by atomic mass is 16.6. The van der Waals surface area contributed by atoms with Crippen molar-refractivity contribution in [2.45, 2.75) is 46.4 Å². The Morgan fingerprint density at radius 3 is 2.65 bits per heavy atom. The number of benzene rings is 1. The topological polar surface area (TPSA) is 79.0 Å². The van der Waals surface area contributed by atoms with Crippen molar-refractivity contribution >= 4 is 11.8 Å². The zero-order valence-corrected chi connectivity index (χ0v) is 14.1. The number of H-pyrrole nitrogens is 1. The summed E-state index contributed by atoms with van der Waals surface area (Å²) in [5.41, 5.74) is 2.48. The Balaban J connectivity index is 1.93. The molecule has 2 rings (SSSR count). The molecule has 1 aromatic carbocycles. The van der Waals surface area contributed by atoms with Gasteiger partial charge in [0, 0.05) is 12.2 Å². The van der Waals surface area contributed by atoms with Gasteiger partial charge in [-0.1, -0.05) is 18.2 Å². The summed E-state index contributed by atoms with van der Waals surface area (Å²) >= 11 is 0. The quantitative estimate of drug-likeness (QED) is 0.790. The Hall–Kier alpha value is -2.50. The van der Waals surface area contributed by atoms with Gasteiger partial charge in [0.15, 0.2) is 0 Å². The van der Waals surface area contributed by atoms with E-state index in [2.05, 4.69) is 20.6 Å². The largest absolute Gasteiger partial charge is 0.444 e. The number of aryl methyl sites for hydroxylation is 1. The second kappa shape index (κ2) is 7.17. The van der Waals surface area contributed by atoms with Crippen LogP contribution in [-0.2, 0) is 17.8 Å². The smallest absolute Gasteiger partial charge is 0.407 e. The van der Waals surface area contributed by atoms with Crippen molar-refractivity contribution in [3.63, 3.8) is 0 Å². The number of rotatable bonds is 5. The molecule has 23 heavy (non-hydrogen) atoms. The van der Waals surface area contributed by atoms with E-state index in [1.807, 2.05) is 58.2 Å². The molecule has 1 amide bonds. The Bertz CT molecular complexity index is 659. The zero-order valence-electron chi connectivity index (χ0n) is 14.1. The predicted octanol–water partition coefficient (Wildman–Crippen LogP) is 3.35. The number of aromatic amines is 1. The van der Waals surface area contributed by atoms with Crippen LogP contribution in [-0.4, -0.2) is 21.7 Å². The van der Waals surface area contributed by atoms with E-state index in [9.17, 15) is 4.79 Å². The number of amides is 1. The monoisotopic (exact) mass is 316 g/mol. The molecule has 6 heteroatoms. The maximum Gasteiger partial charge on any atom is 0.407 e. The number of imidazole rings is 1. The molecule has 0 aliphatic carbocycles. The highest BCUT2D eigenvalue weighted by molar-refractivity contribution is 5.68. The first-order valence-corrected chi connectivity index (χ1v) is 7.62. The van der Waals surface area contributed by atoms with Crippen molar-refractivity contribution in [3.8, 4) is 0 Å². The van der Waals surface area contributed by atoms with Crippen LogP contribution in [0.3, 0.4) is 0 Å². The van der Waals surface area contributed by atoms with Crippen molar-refractivity contribution < 1.29 is 9.53 Å². The lowest BCUT2D eigenvalue weighted by Crippen LogP contribution is -2.32. The summed E-state index contributed by atoms with van der Waals surface area (Å²) in [6.45, 7) is 8.49. The van der Waals surface area contributed by atoms with Gasteiger partial charge in [0.2, 0.25) is 0 Å². The maximum absolute atomic E-state index is 11.8. The van der Waals surface area contributed by atoms with Crippen LogP contribution in [0, 0.1) is 6.92 Å². The van der Waals surface area contributed by atoms with Gasteiger partial charge in [0.1, 0.15) is 11.4 Å². The molecule has 0 saturated carbocycles. The van der Waals surface area contributed by atoms with Gasteiger partial charge >= 0.3 is 6.09 Å². The fourth-order valence-corrected chi connectivity index (χ4v) is 2.08. The number of carbonyl (C=O) groups is 1. The number of ether oxygens (including phenoxy) is 1. The average Bonchev–Trinajstić information content (AvgIpc) is 2.87. The normalized spacial score (nSPS) is 11.1. The lowest BCUT2D eigenvalue weighted by atomic mass is 10.1. The first-order valence-electron chi connectivity index (χ1n) is 7.62. The average molecular weight is 316 g/mol. The van der Waals surface area contributed by atoms with Crippen LogP contribution in [0.25, 0.3) is 0 Å². The summed E-state index contributed by atoms with van der Waals surface area (Å²) in [4.78, 5) is 19.1. The maximum atomic E-state index is 11.8. The van der Waals surface area contributed by atoms with Gasteiger partial charge in [-0.3, -0.25) is 0 Å². The SMILES string of the molecule is Cc1ncc(CNc2ccccc2CNC(=O)OC(C)(C)C)[nH]1. The molecular weight excluding hydrogens is 292 g/mol. The first-order chi connectivity index (χ1) is 10.8. The van der Waals surface area contributed by atoms with Gasteiger partial charge < -0.3 is 20.4 Å². The van der Waals surface area contributed by atoms with Crippen molar-refractivity contribution in [1.29, 1.82) is 0 Å². The lowest BCUT2D eigenvalue weighted by molar-refractivity contribution is 0.0523. The van der Waals surface area contributed by atoms with Gasteiger partial charge in [-0.25, -0.2) is 9.78 Å². The highest BCUT2D eigenvalue weighted by Gasteiger charge is 2.16. The number of alkyl carbamates (subject to hydrolysis) is 1. The molecular formula is C17H24N4O2. The number of anilines is 1. The molecule has 6 nitrogen and oxygen atoms in total. The number of nitrogens with one attached hydrogen (secondary N) is 3. The lowest BCUT2D eigenvalue weighted by Gasteiger charge is -2.20. The summed E-state index contributed by atoms with van der Waals surface area (Å²) in [7, 11) is 0. The Kier molecular flexibility index (Phi) is 5.26. The minimum atomic E-state index is -0.500. The molecule has 0 atom stereocenters. The van der Waals surface area contributed by atoms with E-state index in [-0.39, 0.29) is 0 Å². The van der Waals surface area contributed by atoms with E-state index < -0.39 is 11.7 Å². The van der Waals surface area contributed by atoms with Gasteiger partial charge in [0.05, 0.1) is 18.4 Å². The summed E-state index contributed by atoms with van der Waals surface area (Å²) < 4.78 is 5.25. The predicted molar refractivity (Wildman–Crippen MR) is 90.2 cm³/mol. The van der Waals surface area contributed by atoms with Crippen LogP contribution < -0.4 is 10.6 Å². The van der Waals surface area contributed by atoms with E-state index in [1.165, 1.54) is 0 Å². The third-order valence-electron chi connectivity index (χ3n) is 3.06. The molecule has 0 bridgehead atoms. The second-order valence-electron chi connectivity index (χ2n) is 6.36. The van der Waals surface area contributed by atoms with E-state index in [4.69, 9.17) is 4.74 Å². The Morgan fingerprint density at radius 1 is 1.26 bits per heavy atom. The van der Waals surface area contributed by atoms with Crippen molar-refractivity contribution in [1.82, 2.24) is 15.3 Å². The number of hydrogen-bond acceptors (Lipinski definition) is 4. The summed E-state index contributed by atoms with van der Waals surface area (Å²) in [5, 5.41) is 6.13. The minimum Gasteiger partial charge on any atom is -0.444 e. The molecule has 1 heterocycles. The standard InChI is InChI=1S/C17H24N4O2/c1-12-18-10-14(21-12)11-19-15-8-6-5-7-13(15)9-20-16(22)23-17(2,3)4/h5-8,10,19H,9,11H2,1-4H3,(H,18,21)(H,20,22). The van der Waals surface area contributed by atoms with Crippen LogP contribution in [0.15, 0.2) is 30.5 Å². The van der Waals surface area contributed by atoms with E-state index in [1.54, 1.807) is 0 Å². The minimum absolute atomic E-state index is 0.403. The van der Waals surface area contributed by atoms with Gasteiger partial charge in [-0.2, -0.15) is 0 Å². The summed E-state index contributed by atoms with van der Waals surface area (Å²) in [5.74, 6) is 0.890. The fourth-order valence-electron chi connectivity index (χ4n) is 2.08. The highest BCUT2D eigenvalue weighted by Crippen LogP contribution is 2.16. The Labute approximate surface area is 136 Å². The second-order valence-corrected chi connectivity index (χ2v) is 6.36. The Morgan fingerprint density at radius 2 is 2.00 bits per heavy atom. The zero-order chi connectivity index (χ0) is 16.9. The van der Waals surface area contributed by atoms with Crippen LogP contribution in [0.2, 0.25) is 0 Å². The fraction of sp³-hybridized carbons (Fsp3) is 0.412. The van der Waals surface area contributed by atoms with Crippen molar-refractivity contribution in [2.24, 2.45) is 0 Å². The van der Waals surface area contributed by atoms with Crippen LogP contribution in [0.4, 0.5) is 10.5 Å². The molecule has 0 saturated heterocycles. The molecule has 0 spiro atoms. The van der Waals surface area contributed by atoms with Gasteiger partial charge in [-0.05, 0) is 39.3 Å². The molecule has 0 radical (unpaired) electrons. The summed E-state index contributed by atoms with van der Waals surface area (Å²) in [6, 6.07) is 7.85. The number of carbonyl (C=O) groups excluding carboxylic acids is 1. The first kappa shape index (κ1) is 16.9. The molecule has 0 unspecified atom stereocenters. The number of hydrogen-bond donors (Lipinski definition) is 3. The van der Waals surface area contributed by atoms with E-state index in [0.29, 0.717) is 13.1 Å². The number of para-hydroxylation sites is 1. The van der Waals surface area contributed by atoms with Gasteiger partial charge in [-0.15, -0.1) is 0 Å².